The van der Waals surface area contributed by atoms with Crippen molar-refractivity contribution in [1.82, 2.24) is 4.98 Å². The molecule has 0 saturated heterocycles. The van der Waals surface area contributed by atoms with Crippen LogP contribution in [0.2, 0.25) is 0 Å². The Labute approximate surface area is 114 Å². The van der Waals surface area contributed by atoms with Crippen molar-refractivity contribution >= 4 is 5.82 Å². The second kappa shape index (κ2) is 5.85. The quantitative estimate of drug-likeness (QED) is 0.913. The fourth-order valence-corrected chi connectivity index (χ4v) is 2.15. The van der Waals surface area contributed by atoms with Crippen molar-refractivity contribution in [3.63, 3.8) is 0 Å². The van der Waals surface area contributed by atoms with Crippen molar-refractivity contribution < 1.29 is 5.11 Å². The summed E-state index contributed by atoms with van der Waals surface area (Å²) in [6, 6.07) is 12.3. The van der Waals surface area contributed by atoms with Crippen LogP contribution in [0.1, 0.15) is 29.7 Å². The molecule has 1 heterocycles. The predicted molar refractivity (Wildman–Crippen MR) is 78.2 cm³/mol. The van der Waals surface area contributed by atoms with Gasteiger partial charge in [0.2, 0.25) is 0 Å². The minimum Gasteiger partial charge on any atom is -0.389 e. The SMILES string of the molecule is Cc1cc([C@@H](C)O)cnc1N(C)Cc1ccccc1. The van der Waals surface area contributed by atoms with Gasteiger partial charge < -0.3 is 10.0 Å². The second-order valence-electron chi connectivity index (χ2n) is 4.93. The average Bonchev–Trinajstić information content (AvgIpc) is 2.39. The zero-order chi connectivity index (χ0) is 13.8. The third-order valence-electron chi connectivity index (χ3n) is 3.18. The van der Waals surface area contributed by atoms with Crippen molar-refractivity contribution in [2.45, 2.75) is 26.5 Å². The highest BCUT2D eigenvalue weighted by Crippen LogP contribution is 2.21. The molecule has 1 aromatic carbocycles. The van der Waals surface area contributed by atoms with E-state index in [4.69, 9.17) is 0 Å². The summed E-state index contributed by atoms with van der Waals surface area (Å²) < 4.78 is 0. The van der Waals surface area contributed by atoms with Crippen LogP contribution in [0.4, 0.5) is 5.82 Å². The molecule has 1 atom stereocenters. The fourth-order valence-electron chi connectivity index (χ4n) is 2.15. The Morgan fingerprint density at radius 2 is 1.95 bits per heavy atom. The molecule has 0 bridgehead atoms. The maximum absolute atomic E-state index is 9.56. The minimum atomic E-state index is -0.473. The summed E-state index contributed by atoms with van der Waals surface area (Å²) in [4.78, 5) is 6.58. The van der Waals surface area contributed by atoms with Gasteiger partial charge in [0.05, 0.1) is 6.10 Å². The van der Waals surface area contributed by atoms with Gasteiger partial charge >= 0.3 is 0 Å². The van der Waals surface area contributed by atoms with Gasteiger partial charge in [0.25, 0.3) is 0 Å². The highest BCUT2D eigenvalue weighted by molar-refractivity contribution is 5.47. The summed E-state index contributed by atoms with van der Waals surface area (Å²) in [5, 5.41) is 9.56. The van der Waals surface area contributed by atoms with Gasteiger partial charge in [0, 0.05) is 19.8 Å². The Morgan fingerprint density at radius 1 is 1.26 bits per heavy atom. The molecule has 1 N–H and O–H groups in total. The highest BCUT2D eigenvalue weighted by atomic mass is 16.3. The number of pyridine rings is 1. The number of nitrogens with zero attached hydrogens (tertiary/aromatic N) is 2. The smallest absolute Gasteiger partial charge is 0.131 e. The Balaban J connectivity index is 2.17. The summed E-state index contributed by atoms with van der Waals surface area (Å²) in [5.74, 6) is 0.952. The molecule has 0 aliphatic heterocycles. The standard InChI is InChI=1S/C16H20N2O/c1-12-9-15(13(2)19)10-17-16(12)18(3)11-14-7-5-4-6-8-14/h4-10,13,19H,11H2,1-3H3/t13-/m1/s1. The van der Waals surface area contributed by atoms with E-state index in [9.17, 15) is 5.11 Å². The molecule has 0 amide bonds. The maximum atomic E-state index is 9.56. The first-order valence-corrected chi connectivity index (χ1v) is 6.47. The van der Waals surface area contributed by atoms with E-state index < -0.39 is 6.10 Å². The molecular formula is C16H20N2O. The number of aromatic nitrogens is 1. The Kier molecular flexibility index (Phi) is 4.17. The van der Waals surface area contributed by atoms with Gasteiger partial charge in [-0.1, -0.05) is 30.3 Å². The molecule has 1 aromatic heterocycles. The van der Waals surface area contributed by atoms with Crippen molar-refractivity contribution in [1.29, 1.82) is 0 Å². The van der Waals surface area contributed by atoms with Crippen LogP contribution < -0.4 is 4.90 Å². The van der Waals surface area contributed by atoms with Crippen LogP contribution in [0.25, 0.3) is 0 Å². The molecule has 0 aliphatic carbocycles. The minimum absolute atomic E-state index is 0.473. The number of hydrogen-bond acceptors (Lipinski definition) is 3. The molecule has 0 aliphatic rings. The zero-order valence-corrected chi connectivity index (χ0v) is 11.7. The number of anilines is 1. The van der Waals surface area contributed by atoms with Crippen LogP contribution in [0, 0.1) is 6.92 Å². The van der Waals surface area contributed by atoms with E-state index in [0.717, 1.165) is 23.5 Å². The van der Waals surface area contributed by atoms with E-state index in [1.807, 2.05) is 38.2 Å². The highest BCUT2D eigenvalue weighted by Gasteiger charge is 2.09. The molecule has 0 fully saturated rings. The van der Waals surface area contributed by atoms with Crippen LogP contribution in [-0.4, -0.2) is 17.1 Å². The van der Waals surface area contributed by atoms with E-state index in [-0.39, 0.29) is 0 Å². The predicted octanol–water partition coefficient (Wildman–Crippen LogP) is 3.08. The average molecular weight is 256 g/mol. The van der Waals surface area contributed by atoms with E-state index in [2.05, 4.69) is 22.0 Å². The normalized spacial score (nSPS) is 12.2. The van der Waals surface area contributed by atoms with E-state index in [0.29, 0.717) is 0 Å². The summed E-state index contributed by atoms with van der Waals surface area (Å²) in [6.07, 6.45) is 1.27. The van der Waals surface area contributed by atoms with Crippen LogP contribution in [0.3, 0.4) is 0 Å². The van der Waals surface area contributed by atoms with E-state index in [1.54, 1.807) is 13.1 Å². The van der Waals surface area contributed by atoms with Gasteiger partial charge in [-0.05, 0) is 36.6 Å². The molecule has 2 rings (SSSR count). The molecule has 0 saturated carbocycles. The van der Waals surface area contributed by atoms with Gasteiger partial charge in [-0.2, -0.15) is 0 Å². The Hall–Kier alpha value is -1.87. The number of aryl methyl sites for hydroxylation is 1. The summed E-state index contributed by atoms with van der Waals surface area (Å²) >= 11 is 0. The molecule has 19 heavy (non-hydrogen) atoms. The summed E-state index contributed by atoms with van der Waals surface area (Å²) in [6.45, 7) is 4.60. The molecule has 3 heteroatoms. The third kappa shape index (κ3) is 3.32. The molecule has 0 unspecified atom stereocenters. The number of aliphatic hydroxyl groups is 1. The first-order chi connectivity index (χ1) is 9.08. The zero-order valence-electron chi connectivity index (χ0n) is 11.7. The Morgan fingerprint density at radius 3 is 2.53 bits per heavy atom. The van der Waals surface area contributed by atoms with Crippen molar-refractivity contribution in [3.8, 4) is 0 Å². The lowest BCUT2D eigenvalue weighted by Crippen LogP contribution is -2.19. The summed E-state index contributed by atoms with van der Waals surface area (Å²) in [5.41, 5.74) is 3.19. The number of benzene rings is 1. The van der Waals surface area contributed by atoms with Crippen molar-refractivity contribution in [2.24, 2.45) is 0 Å². The largest absolute Gasteiger partial charge is 0.389 e. The maximum Gasteiger partial charge on any atom is 0.131 e. The molecular weight excluding hydrogens is 236 g/mol. The molecule has 2 aromatic rings. The Bertz CT molecular complexity index is 538. The van der Waals surface area contributed by atoms with Crippen LogP contribution in [-0.2, 0) is 6.54 Å². The lowest BCUT2D eigenvalue weighted by molar-refractivity contribution is 0.199. The van der Waals surface area contributed by atoms with Gasteiger partial charge in [-0.25, -0.2) is 4.98 Å². The number of rotatable bonds is 4. The van der Waals surface area contributed by atoms with E-state index in [1.165, 1.54) is 5.56 Å². The number of aliphatic hydroxyl groups excluding tert-OH is 1. The molecule has 0 radical (unpaired) electrons. The van der Waals surface area contributed by atoms with Crippen LogP contribution >= 0.6 is 0 Å². The second-order valence-corrected chi connectivity index (χ2v) is 4.93. The van der Waals surface area contributed by atoms with E-state index >= 15 is 0 Å². The molecule has 100 valence electrons. The topological polar surface area (TPSA) is 36.4 Å². The van der Waals surface area contributed by atoms with Gasteiger partial charge in [0.1, 0.15) is 5.82 Å². The van der Waals surface area contributed by atoms with Crippen molar-refractivity contribution in [3.05, 3.63) is 59.3 Å². The first-order valence-electron chi connectivity index (χ1n) is 6.47. The van der Waals surface area contributed by atoms with Crippen molar-refractivity contribution in [2.75, 3.05) is 11.9 Å². The van der Waals surface area contributed by atoms with Gasteiger partial charge in [-0.3, -0.25) is 0 Å². The molecule has 3 nitrogen and oxygen atoms in total. The fraction of sp³-hybridized carbons (Fsp3) is 0.312. The lowest BCUT2D eigenvalue weighted by Gasteiger charge is -2.21. The van der Waals surface area contributed by atoms with Gasteiger partial charge in [-0.15, -0.1) is 0 Å². The third-order valence-corrected chi connectivity index (χ3v) is 3.18. The monoisotopic (exact) mass is 256 g/mol. The van der Waals surface area contributed by atoms with Gasteiger partial charge in [0.15, 0.2) is 0 Å². The lowest BCUT2D eigenvalue weighted by atomic mass is 10.1. The van der Waals surface area contributed by atoms with Crippen LogP contribution in [0.15, 0.2) is 42.6 Å². The van der Waals surface area contributed by atoms with Crippen LogP contribution in [0.5, 0.6) is 0 Å². The number of hydrogen-bond donors (Lipinski definition) is 1. The first kappa shape index (κ1) is 13.6. The molecule has 0 spiro atoms. The summed E-state index contributed by atoms with van der Waals surface area (Å²) in [7, 11) is 2.03.